The number of ether oxygens (including phenoxy) is 1. The lowest BCUT2D eigenvalue weighted by Crippen LogP contribution is -2.43. The van der Waals surface area contributed by atoms with Crippen molar-refractivity contribution < 1.29 is 24.0 Å². The fourth-order valence-corrected chi connectivity index (χ4v) is 4.23. The second-order valence-electron chi connectivity index (χ2n) is 8.55. The van der Waals surface area contributed by atoms with E-state index >= 15 is 0 Å². The second-order valence-corrected chi connectivity index (χ2v) is 8.55. The van der Waals surface area contributed by atoms with Gasteiger partial charge in [-0.05, 0) is 41.3 Å². The van der Waals surface area contributed by atoms with E-state index in [1.807, 2.05) is 48.5 Å². The lowest BCUT2D eigenvalue weighted by molar-refractivity contribution is -0.137. The van der Waals surface area contributed by atoms with E-state index in [0.29, 0.717) is 30.1 Å². The van der Waals surface area contributed by atoms with Crippen LogP contribution < -0.4 is 15.5 Å². The summed E-state index contributed by atoms with van der Waals surface area (Å²) in [5.41, 5.74) is 6.47. The molecule has 0 bridgehead atoms. The molecular weight excluding hydrogens is 446 g/mol. The van der Waals surface area contributed by atoms with Crippen molar-refractivity contribution in [1.29, 1.82) is 0 Å². The van der Waals surface area contributed by atoms with Gasteiger partial charge in [0.2, 0.25) is 5.91 Å². The van der Waals surface area contributed by atoms with Crippen molar-refractivity contribution in [2.45, 2.75) is 32.1 Å². The highest BCUT2D eigenvalue weighted by Crippen LogP contribution is 2.32. The SMILES string of the molecule is O=C(NOCc1ccccc1)c1ccc2c(c1)OC(CC(=O)N1CCc3ccccc3C1)C(=O)N2. The van der Waals surface area contributed by atoms with Gasteiger partial charge in [-0.15, -0.1) is 0 Å². The normalized spacial score (nSPS) is 16.4. The van der Waals surface area contributed by atoms with E-state index in [2.05, 4.69) is 16.9 Å². The third-order valence-corrected chi connectivity index (χ3v) is 6.15. The zero-order chi connectivity index (χ0) is 24.2. The van der Waals surface area contributed by atoms with Crippen LogP contribution in [0.4, 0.5) is 5.69 Å². The molecule has 1 unspecified atom stereocenters. The predicted octanol–water partition coefficient (Wildman–Crippen LogP) is 3.22. The number of benzene rings is 3. The highest BCUT2D eigenvalue weighted by Gasteiger charge is 2.32. The molecule has 0 saturated carbocycles. The van der Waals surface area contributed by atoms with Gasteiger partial charge in [0, 0.05) is 18.7 Å². The van der Waals surface area contributed by atoms with Crippen molar-refractivity contribution in [3.05, 3.63) is 95.1 Å². The molecule has 178 valence electrons. The number of fused-ring (bicyclic) bond motifs is 2. The van der Waals surface area contributed by atoms with Gasteiger partial charge >= 0.3 is 0 Å². The molecule has 8 heteroatoms. The number of anilines is 1. The minimum atomic E-state index is -0.972. The summed E-state index contributed by atoms with van der Waals surface area (Å²) in [5.74, 6) is -0.635. The third kappa shape index (κ3) is 5.17. The Bertz CT molecular complexity index is 1260. The number of hydrogen-bond donors (Lipinski definition) is 2. The smallest absolute Gasteiger partial charge is 0.274 e. The first-order valence-corrected chi connectivity index (χ1v) is 11.5. The van der Waals surface area contributed by atoms with E-state index in [4.69, 9.17) is 9.57 Å². The number of carbonyl (C=O) groups is 3. The summed E-state index contributed by atoms with van der Waals surface area (Å²) in [6.07, 6.45) is -0.267. The molecule has 0 aromatic heterocycles. The number of hydroxylamine groups is 1. The van der Waals surface area contributed by atoms with Crippen LogP contribution in [0.2, 0.25) is 0 Å². The molecule has 0 spiro atoms. The number of carbonyl (C=O) groups excluding carboxylic acids is 3. The number of hydrogen-bond acceptors (Lipinski definition) is 5. The number of amides is 3. The second kappa shape index (κ2) is 9.99. The maximum Gasteiger partial charge on any atom is 0.274 e. The Balaban J connectivity index is 1.20. The molecule has 3 aromatic rings. The fraction of sp³-hybridized carbons (Fsp3) is 0.222. The first kappa shape index (κ1) is 22.6. The molecule has 2 aliphatic heterocycles. The van der Waals surface area contributed by atoms with Crippen molar-refractivity contribution >= 4 is 23.4 Å². The molecule has 1 atom stereocenters. The molecule has 2 aliphatic rings. The molecule has 0 saturated heterocycles. The Labute approximate surface area is 202 Å². The van der Waals surface area contributed by atoms with E-state index in [1.54, 1.807) is 17.0 Å². The van der Waals surface area contributed by atoms with Crippen molar-refractivity contribution in [2.24, 2.45) is 0 Å². The number of nitrogens with zero attached hydrogens (tertiary/aromatic N) is 1. The van der Waals surface area contributed by atoms with Gasteiger partial charge in [-0.3, -0.25) is 19.2 Å². The minimum Gasteiger partial charge on any atom is -0.478 e. The Morgan fingerprint density at radius 1 is 1.03 bits per heavy atom. The van der Waals surface area contributed by atoms with Gasteiger partial charge in [0.1, 0.15) is 5.75 Å². The molecule has 3 amide bonds. The summed E-state index contributed by atoms with van der Waals surface area (Å²) in [6.45, 7) is 1.36. The standard InChI is InChI=1S/C27H25N3O5/c31-25(30-13-12-19-8-4-5-9-21(19)16-30)15-24-27(33)28-22-11-10-20(14-23(22)35-24)26(32)29-34-17-18-6-2-1-3-7-18/h1-11,14,24H,12-13,15-17H2,(H,28,33)(H,29,32). The Morgan fingerprint density at radius 2 is 1.80 bits per heavy atom. The van der Waals surface area contributed by atoms with Crippen molar-refractivity contribution in [1.82, 2.24) is 10.4 Å². The zero-order valence-electron chi connectivity index (χ0n) is 19.0. The highest BCUT2D eigenvalue weighted by molar-refractivity contribution is 6.01. The maximum absolute atomic E-state index is 12.9. The van der Waals surface area contributed by atoms with E-state index in [0.717, 1.165) is 17.5 Å². The molecule has 2 N–H and O–H groups in total. The Morgan fingerprint density at radius 3 is 2.63 bits per heavy atom. The van der Waals surface area contributed by atoms with E-state index < -0.39 is 12.0 Å². The average molecular weight is 472 g/mol. The predicted molar refractivity (Wildman–Crippen MR) is 128 cm³/mol. The highest BCUT2D eigenvalue weighted by atomic mass is 16.6. The Hall–Kier alpha value is -4.17. The van der Waals surface area contributed by atoms with Crippen LogP contribution in [0.5, 0.6) is 5.75 Å². The molecule has 8 nitrogen and oxygen atoms in total. The van der Waals surface area contributed by atoms with Crippen LogP contribution in [-0.4, -0.2) is 35.3 Å². The van der Waals surface area contributed by atoms with Gasteiger partial charge in [0.15, 0.2) is 6.10 Å². The van der Waals surface area contributed by atoms with Crippen LogP contribution in [0.15, 0.2) is 72.8 Å². The van der Waals surface area contributed by atoms with Crippen molar-refractivity contribution in [3.8, 4) is 5.75 Å². The number of nitrogens with one attached hydrogen (secondary N) is 2. The van der Waals surface area contributed by atoms with Crippen LogP contribution in [0.1, 0.15) is 33.5 Å². The van der Waals surface area contributed by atoms with Gasteiger partial charge in [-0.1, -0.05) is 54.6 Å². The third-order valence-electron chi connectivity index (χ3n) is 6.15. The van der Waals surface area contributed by atoms with E-state index in [1.165, 1.54) is 11.6 Å². The monoisotopic (exact) mass is 471 g/mol. The van der Waals surface area contributed by atoms with Crippen LogP contribution in [0.25, 0.3) is 0 Å². The first-order chi connectivity index (χ1) is 17.1. The molecule has 35 heavy (non-hydrogen) atoms. The largest absolute Gasteiger partial charge is 0.478 e. The average Bonchev–Trinajstić information content (AvgIpc) is 2.89. The van der Waals surface area contributed by atoms with Gasteiger partial charge in [-0.25, -0.2) is 5.48 Å². The molecule has 2 heterocycles. The van der Waals surface area contributed by atoms with Crippen LogP contribution >= 0.6 is 0 Å². The summed E-state index contributed by atoms with van der Waals surface area (Å²) in [4.78, 5) is 45.1. The summed E-state index contributed by atoms with van der Waals surface area (Å²) < 4.78 is 5.86. The van der Waals surface area contributed by atoms with Gasteiger partial charge in [0.25, 0.3) is 11.8 Å². The molecular formula is C27H25N3O5. The van der Waals surface area contributed by atoms with Crippen LogP contribution in [-0.2, 0) is 34.0 Å². The van der Waals surface area contributed by atoms with Crippen molar-refractivity contribution in [2.75, 3.05) is 11.9 Å². The topological polar surface area (TPSA) is 97.0 Å². The minimum absolute atomic E-state index is 0.0793. The van der Waals surface area contributed by atoms with Gasteiger partial charge < -0.3 is 15.0 Å². The summed E-state index contributed by atoms with van der Waals surface area (Å²) in [7, 11) is 0. The maximum atomic E-state index is 12.9. The molecule has 5 rings (SSSR count). The molecule has 0 aliphatic carbocycles. The summed E-state index contributed by atoms with van der Waals surface area (Å²) >= 11 is 0. The first-order valence-electron chi connectivity index (χ1n) is 11.5. The van der Waals surface area contributed by atoms with Crippen LogP contribution in [0, 0.1) is 0 Å². The quantitative estimate of drug-likeness (QED) is 0.538. The number of rotatable bonds is 6. The van der Waals surface area contributed by atoms with Gasteiger partial charge in [0.05, 0.1) is 18.7 Å². The van der Waals surface area contributed by atoms with Crippen LogP contribution in [0.3, 0.4) is 0 Å². The van der Waals surface area contributed by atoms with Crippen molar-refractivity contribution in [3.63, 3.8) is 0 Å². The van der Waals surface area contributed by atoms with E-state index in [-0.39, 0.29) is 24.8 Å². The Kier molecular flexibility index (Phi) is 6.45. The lowest BCUT2D eigenvalue weighted by Gasteiger charge is -2.31. The van der Waals surface area contributed by atoms with Gasteiger partial charge in [-0.2, -0.15) is 0 Å². The zero-order valence-corrected chi connectivity index (χ0v) is 19.0. The summed E-state index contributed by atoms with van der Waals surface area (Å²) in [5, 5.41) is 2.77. The molecule has 3 aromatic carbocycles. The fourth-order valence-electron chi connectivity index (χ4n) is 4.23. The molecule has 0 fully saturated rings. The van der Waals surface area contributed by atoms with E-state index in [9.17, 15) is 14.4 Å². The molecule has 0 radical (unpaired) electrons. The lowest BCUT2D eigenvalue weighted by atomic mass is 9.99. The summed E-state index contributed by atoms with van der Waals surface area (Å²) in [6, 6.07) is 22.2.